The summed E-state index contributed by atoms with van der Waals surface area (Å²) >= 11 is 4.69. The van der Waals surface area contributed by atoms with Crippen LogP contribution in [-0.4, -0.2) is 32.0 Å². The molecular weight excluding hydrogens is 275 g/mol. The summed E-state index contributed by atoms with van der Waals surface area (Å²) in [5.41, 5.74) is 6.11. The minimum Gasteiger partial charge on any atom is -0.389 e. The van der Waals surface area contributed by atoms with Crippen molar-refractivity contribution in [2.75, 3.05) is 23.9 Å². The quantitative estimate of drug-likeness (QED) is 0.610. The van der Waals surface area contributed by atoms with Crippen LogP contribution in [0.4, 0.5) is 10.1 Å². The molecular formula is C11H15FN2O2S2. The molecule has 4 nitrogen and oxygen atoms in total. The van der Waals surface area contributed by atoms with Gasteiger partial charge in [-0.15, -0.1) is 0 Å². The predicted octanol–water partition coefficient (Wildman–Crippen LogP) is 1.31. The highest BCUT2D eigenvalue weighted by atomic mass is 32.2. The number of hydrogen-bond acceptors (Lipinski definition) is 4. The second-order valence-electron chi connectivity index (χ2n) is 3.97. The Bertz CT molecular complexity index is 544. The lowest BCUT2D eigenvalue weighted by molar-refractivity contribution is 0.599. The summed E-state index contributed by atoms with van der Waals surface area (Å²) in [5, 5.41) is 2.94. The van der Waals surface area contributed by atoms with Crippen molar-refractivity contribution in [1.29, 1.82) is 0 Å². The molecule has 0 aliphatic heterocycles. The lowest BCUT2D eigenvalue weighted by atomic mass is 10.2. The summed E-state index contributed by atoms with van der Waals surface area (Å²) < 4.78 is 35.3. The third kappa shape index (κ3) is 4.97. The predicted molar refractivity (Wildman–Crippen MR) is 75.1 cm³/mol. The molecule has 18 heavy (non-hydrogen) atoms. The average molecular weight is 290 g/mol. The van der Waals surface area contributed by atoms with Crippen molar-refractivity contribution in [1.82, 2.24) is 0 Å². The molecule has 0 bridgehead atoms. The molecule has 0 heterocycles. The molecule has 1 aromatic rings. The van der Waals surface area contributed by atoms with Crippen LogP contribution in [0.3, 0.4) is 0 Å². The Hall–Kier alpha value is -1.21. The highest BCUT2D eigenvalue weighted by molar-refractivity contribution is 7.90. The van der Waals surface area contributed by atoms with Gasteiger partial charge in [0.05, 0.1) is 5.75 Å². The van der Waals surface area contributed by atoms with Gasteiger partial charge >= 0.3 is 0 Å². The van der Waals surface area contributed by atoms with Crippen molar-refractivity contribution in [3.63, 3.8) is 0 Å². The van der Waals surface area contributed by atoms with Crippen molar-refractivity contribution < 1.29 is 12.8 Å². The van der Waals surface area contributed by atoms with Gasteiger partial charge in [-0.3, -0.25) is 0 Å². The van der Waals surface area contributed by atoms with E-state index in [4.69, 9.17) is 18.0 Å². The molecule has 7 heteroatoms. The molecule has 0 aliphatic carbocycles. The molecule has 0 aromatic heterocycles. The Kier molecular flexibility index (Phi) is 5.03. The van der Waals surface area contributed by atoms with Gasteiger partial charge in [0.1, 0.15) is 20.6 Å². The maximum Gasteiger partial charge on any atom is 0.147 e. The lowest BCUT2D eigenvalue weighted by Gasteiger charge is -2.07. The van der Waals surface area contributed by atoms with E-state index in [1.807, 2.05) is 0 Å². The van der Waals surface area contributed by atoms with Gasteiger partial charge < -0.3 is 11.1 Å². The highest BCUT2D eigenvalue weighted by Gasteiger charge is 2.06. The van der Waals surface area contributed by atoms with Gasteiger partial charge in [0.15, 0.2) is 0 Å². The normalized spacial score (nSPS) is 11.2. The molecule has 0 aliphatic rings. The monoisotopic (exact) mass is 290 g/mol. The minimum absolute atomic E-state index is 0.0103. The molecule has 0 fully saturated rings. The summed E-state index contributed by atoms with van der Waals surface area (Å²) in [5.74, 6) is -0.386. The van der Waals surface area contributed by atoms with Gasteiger partial charge in [0.2, 0.25) is 0 Å². The summed E-state index contributed by atoms with van der Waals surface area (Å²) in [7, 11) is -2.95. The molecule has 0 atom stereocenters. The number of benzene rings is 1. The average Bonchev–Trinajstić information content (AvgIpc) is 2.22. The zero-order valence-electron chi connectivity index (χ0n) is 9.94. The second-order valence-corrected chi connectivity index (χ2v) is 6.67. The molecule has 1 rings (SSSR count). The number of nitrogens with one attached hydrogen (secondary N) is 1. The first-order valence-corrected chi connectivity index (χ1v) is 7.77. The van der Waals surface area contributed by atoms with Crippen molar-refractivity contribution >= 4 is 32.7 Å². The zero-order valence-corrected chi connectivity index (χ0v) is 11.6. The molecule has 0 unspecified atom stereocenters. The Morgan fingerprint density at radius 3 is 2.67 bits per heavy atom. The fraction of sp³-hybridized carbons (Fsp3) is 0.364. The van der Waals surface area contributed by atoms with Crippen molar-refractivity contribution in [2.45, 2.75) is 6.42 Å². The topological polar surface area (TPSA) is 72.2 Å². The maximum atomic E-state index is 13.5. The molecule has 100 valence electrons. The SMILES string of the molecule is CS(=O)(=O)CCCNc1ccc(C(N)=S)c(F)c1. The molecule has 0 radical (unpaired) electrons. The number of halogens is 1. The highest BCUT2D eigenvalue weighted by Crippen LogP contribution is 2.14. The third-order valence-corrected chi connectivity index (χ3v) is 3.51. The first-order chi connectivity index (χ1) is 8.29. The largest absolute Gasteiger partial charge is 0.389 e. The maximum absolute atomic E-state index is 13.5. The van der Waals surface area contributed by atoms with Gasteiger partial charge in [-0.1, -0.05) is 12.2 Å². The fourth-order valence-corrected chi connectivity index (χ4v) is 2.23. The van der Waals surface area contributed by atoms with E-state index in [0.29, 0.717) is 18.7 Å². The van der Waals surface area contributed by atoms with E-state index in [1.165, 1.54) is 18.4 Å². The van der Waals surface area contributed by atoms with Crippen LogP contribution in [0.5, 0.6) is 0 Å². The summed E-state index contributed by atoms with van der Waals surface area (Å²) in [4.78, 5) is 0.0103. The number of hydrogen-bond donors (Lipinski definition) is 2. The summed E-state index contributed by atoms with van der Waals surface area (Å²) in [6.07, 6.45) is 1.65. The van der Waals surface area contributed by atoms with E-state index in [0.717, 1.165) is 0 Å². The summed E-state index contributed by atoms with van der Waals surface area (Å²) in [6.45, 7) is 0.457. The van der Waals surface area contributed by atoms with Gasteiger partial charge in [0, 0.05) is 24.1 Å². The Balaban J connectivity index is 2.54. The van der Waals surface area contributed by atoms with Gasteiger partial charge in [0.25, 0.3) is 0 Å². The van der Waals surface area contributed by atoms with E-state index in [9.17, 15) is 12.8 Å². The third-order valence-electron chi connectivity index (χ3n) is 2.26. The van der Waals surface area contributed by atoms with E-state index in [2.05, 4.69) is 5.32 Å². The van der Waals surface area contributed by atoms with E-state index in [1.54, 1.807) is 6.07 Å². The van der Waals surface area contributed by atoms with Gasteiger partial charge in [-0.05, 0) is 24.6 Å². The van der Waals surface area contributed by atoms with E-state index >= 15 is 0 Å². The van der Waals surface area contributed by atoms with Crippen molar-refractivity contribution in [2.24, 2.45) is 5.73 Å². The smallest absolute Gasteiger partial charge is 0.147 e. The van der Waals surface area contributed by atoms with Crippen LogP contribution >= 0.6 is 12.2 Å². The molecule has 0 saturated heterocycles. The minimum atomic E-state index is -2.95. The number of rotatable bonds is 6. The Labute approximate surface area is 111 Å². The zero-order chi connectivity index (χ0) is 13.8. The van der Waals surface area contributed by atoms with Crippen LogP contribution < -0.4 is 11.1 Å². The summed E-state index contributed by atoms with van der Waals surface area (Å²) in [6, 6.07) is 4.43. The molecule has 3 N–H and O–H groups in total. The van der Waals surface area contributed by atoms with E-state index < -0.39 is 15.7 Å². The van der Waals surface area contributed by atoms with Crippen LogP contribution in [0.1, 0.15) is 12.0 Å². The lowest BCUT2D eigenvalue weighted by Crippen LogP contribution is -2.13. The van der Waals surface area contributed by atoms with Gasteiger partial charge in [-0.25, -0.2) is 12.8 Å². The number of anilines is 1. The van der Waals surface area contributed by atoms with Crippen LogP contribution in [0.2, 0.25) is 0 Å². The number of nitrogens with two attached hydrogens (primary N) is 1. The first-order valence-electron chi connectivity index (χ1n) is 5.30. The fourth-order valence-electron chi connectivity index (χ4n) is 1.39. The molecule has 0 amide bonds. The van der Waals surface area contributed by atoms with Crippen LogP contribution in [0.25, 0.3) is 0 Å². The molecule has 1 aromatic carbocycles. The van der Waals surface area contributed by atoms with Crippen LogP contribution in [-0.2, 0) is 9.84 Å². The molecule has 0 saturated carbocycles. The van der Waals surface area contributed by atoms with Crippen LogP contribution in [0, 0.1) is 5.82 Å². The standard InChI is InChI=1S/C11H15FN2O2S2/c1-18(15,16)6-2-5-14-8-3-4-9(11(13)17)10(12)7-8/h3-4,7,14H,2,5-6H2,1H3,(H2,13,17). The second kappa shape index (κ2) is 6.10. The number of sulfone groups is 1. The Morgan fingerprint density at radius 1 is 1.50 bits per heavy atom. The van der Waals surface area contributed by atoms with Crippen molar-refractivity contribution in [3.8, 4) is 0 Å². The Morgan fingerprint density at radius 2 is 2.17 bits per heavy atom. The van der Waals surface area contributed by atoms with Crippen molar-refractivity contribution in [3.05, 3.63) is 29.6 Å². The van der Waals surface area contributed by atoms with Gasteiger partial charge in [-0.2, -0.15) is 0 Å². The first kappa shape index (κ1) is 14.8. The molecule has 0 spiro atoms. The van der Waals surface area contributed by atoms with E-state index in [-0.39, 0.29) is 16.3 Å². The van der Waals surface area contributed by atoms with Crippen LogP contribution in [0.15, 0.2) is 18.2 Å². The number of thiocarbonyl (C=S) groups is 1.